The minimum Gasteiger partial charge on any atom is -0.331 e. The lowest BCUT2D eigenvalue weighted by Gasteiger charge is -2.27. The molecule has 0 fully saturated rings. The maximum absolute atomic E-state index is 4.23. The van der Waals surface area contributed by atoms with E-state index in [1.807, 2.05) is 0 Å². The van der Waals surface area contributed by atoms with Crippen molar-refractivity contribution in [1.29, 1.82) is 0 Å². The first-order valence-corrected chi connectivity index (χ1v) is 7.09. The van der Waals surface area contributed by atoms with Gasteiger partial charge in [0, 0.05) is 5.41 Å². The standard InChI is InChI=1S/C14H27N3/c1-4-6-8-9-11-14(3,10-7-5-2)13-15-12-16-17-13/h12H,4-11H2,1-3H3,(H,15,16,17). The second kappa shape index (κ2) is 7.46. The third kappa shape index (κ3) is 4.49. The highest BCUT2D eigenvalue weighted by molar-refractivity contribution is 5.03. The topological polar surface area (TPSA) is 41.6 Å². The van der Waals surface area contributed by atoms with Gasteiger partial charge in [-0.2, -0.15) is 0 Å². The molecule has 0 spiro atoms. The fourth-order valence-corrected chi connectivity index (χ4v) is 2.37. The van der Waals surface area contributed by atoms with Crippen molar-refractivity contribution in [2.45, 2.75) is 77.6 Å². The SMILES string of the molecule is CCCCCCC(C)(CCCC)c1nnc[nH]1. The van der Waals surface area contributed by atoms with Gasteiger partial charge in [-0.1, -0.05) is 59.3 Å². The zero-order valence-electron chi connectivity index (χ0n) is 11.6. The summed E-state index contributed by atoms with van der Waals surface area (Å²) in [5.74, 6) is 1.07. The molecule has 1 unspecified atom stereocenters. The smallest absolute Gasteiger partial charge is 0.136 e. The van der Waals surface area contributed by atoms with Gasteiger partial charge in [-0.25, -0.2) is 0 Å². The van der Waals surface area contributed by atoms with Crippen molar-refractivity contribution in [3.63, 3.8) is 0 Å². The van der Waals surface area contributed by atoms with E-state index in [0.717, 1.165) is 5.82 Å². The van der Waals surface area contributed by atoms with E-state index >= 15 is 0 Å². The second-order valence-corrected chi connectivity index (χ2v) is 5.31. The first-order chi connectivity index (χ1) is 8.23. The Hall–Kier alpha value is -0.860. The molecule has 17 heavy (non-hydrogen) atoms. The summed E-state index contributed by atoms with van der Waals surface area (Å²) in [5.41, 5.74) is 0.195. The van der Waals surface area contributed by atoms with Gasteiger partial charge in [-0.15, -0.1) is 10.2 Å². The lowest BCUT2D eigenvalue weighted by atomic mass is 9.79. The zero-order chi connectivity index (χ0) is 12.6. The Bertz CT molecular complexity index is 282. The summed E-state index contributed by atoms with van der Waals surface area (Å²) in [5, 5.41) is 8.17. The predicted octanol–water partition coefficient (Wildman–Crippen LogP) is 4.22. The molecule has 0 saturated carbocycles. The van der Waals surface area contributed by atoms with E-state index < -0.39 is 0 Å². The van der Waals surface area contributed by atoms with Crippen LogP contribution in [-0.2, 0) is 5.41 Å². The molecule has 0 aliphatic carbocycles. The highest BCUT2D eigenvalue weighted by Gasteiger charge is 2.28. The molecular weight excluding hydrogens is 210 g/mol. The van der Waals surface area contributed by atoms with Crippen LogP contribution in [0.5, 0.6) is 0 Å². The molecule has 1 N–H and O–H groups in total. The van der Waals surface area contributed by atoms with Crippen molar-refractivity contribution in [3.8, 4) is 0 Å². The molecule has 3 heteroatoms. The van der Waals surface area contributed by atoms with Gasteiger partial charge in [-0.3, -0.25) is 0 Å². The van der Waals surface area contributed by atoms with E-state index in [4.69, 9.17) is 0 Å². The highest BCUT2D eigenvalue weighted by atomic mass is 15.2. The number of nitrogens with one attached hydrogen (secondary N) is 1. The number of unbranched alkanes of at least 4 members (excludes halogenated alkanes) is 4. The third-order valence-electron chi connectivity index (χ3n) is 3.65. The fraction of sp³-hybridized carbons (Fsp3) is 0.857. The lowest BCUT2D eigenvalue weighted by Crippen LogP contribution is -2.23. The number of aromatic nitrogens is 3. The number of rotatable bonds is 9. The van der Waals surface area contributed by atoms with Crippen LogP contribution in [0.3, 0.4) is 0 Å². The van der Waals surface area contributed by atoms with Gasteiger partial charge in [0.25, 0.3) is 0 Å². The summed E-state index contributed by atoms with van der Waals surface area (Å²) >= 11 is 0. The molecule has 0 saturated heterocycles. The molecular formula is C14H27N3. The number of H-pyrrole nitrogens is 1. The van der Waals surface area contributed by atoms with Crippen LogP contribution in [0.25, 0.3) is 0 Å². The van der Waals surface area contributed by atoms with Gasteiger partial charge in [0.2, 0.25) is 0 Å². The monoisotopic (exact) mass is 237 g/mol. The Labute approximate surface area is 105 Å². The van der Waals surface area contributed by atoms with Crippen LogP contribution in [0.1, 0.15) is 78.0 Å². The van der Waals surface area contributed by atoms with Gasteiger partial charge in [0.15, 0.2) is 0 Å². The molecule has 3 nitrogen and oxygen atoms in total. The minimum absolute atomic E-state index is 0.195. The van der Waals surface area contributed by atoms with Crippen LogP contribution in [0.15, 0.2) is 6.33 Å². The van der Waals surface area contributed by atoms with Crippen molar-refractivity contribution >= 4 is 0 Å². The molecule has 98 valence electrons. The van der Waals surface area contributed by atoms with Crippen LogP contribution in [-0.4, -0.2) is 15.2 Å². The molecule has 1 rings (SSSR count). The van der Waals surface area contributed by atoms with Gasteiger partial charge < -0.3 is 4.98 Å². The largest absolute Gasteiger partial charge is 0.331 e. The summed E-state index contributed by atoms with van der Waals surface area (Å²) in [7, 11) is 0. The third-order valence-corrected chi connectivity index (χ3v) is 3.65. The summed E-state index contributed by atoms with van der Waals surface area (Å²) in [6.07, 6.45) is 11.9. The molecule has 0 aliphatic rings. The maximum Gasteiger partial charge on any atom is 0.136 e. The van der Waals surface area contributed by atoms with Crippen molar-refractivity contribution in [3.05, 3.63) is 12.2 Å². The van der Waals surface area contributed by atoms with E-state index in [1.165, 1.54) is 51.4 Å². The van der Waals surface area contributed by atoms with E-state index in [0.29, 0.717) is 0 Å². The van der Waals surface area contributed by atoms with E-state index in [-0.39, 0.29) is 5.41 Å². The van der Waals surface area contributed by atoms with Crippen LogP contribution in [0.4, 0.5) is 0 Å². The van der Waals surface area contributed by atoms with E-state index in [2.05, 4.69) is 36.0 Å². The fourth-order valence-electron chi connectivity index (χ4n) is 2.37. The Morgan fingerprint density at radius 1 is 1.06 bits per heavy atom. The van der Waals surface area contributed by atoms with E-state index in [9.17, 15) is 0 Å². The van der Waals surface area contributed by atoms with Crippen molar-refractivity contribution < 1.29 is 0 Å². The van der Waals surface area contributed by atoms with Crippen molar-refractivity contribution in [2.24, 2.45) is 0 Å². The van der Waals surface area contributed by atoms with Crippen LogP contribution in [0, 0.1) is 0 Å². The molecule has 1 aromatic heterocycles. The summed E-state index contributed by atoms with van der Waals surface area (Å²) in [4.78, 5) is 3.21. The summed E-state index contributed by atoms with van der Waals surface area (Å²) in [6.45, 7) is 6.83. The molecule has 1 heterocycles. The maximum atomic E-state index is 4.23. The lowest BCUT2D eigenvalue weighted by molar-refractivity contribution is 0.351. The molecule has 1 aromatic rings. The Morgan fingerprint density at radius 3 is 2.35 bits per heavy atom. The Morgan fingerprint density at radius 2 is 1.76 bits per heavy atom. The first-order valence-electron chi connectivity index (χ1n) is 7.09. The van der Waals surface area contributed by atoms with Gasteiger partial charge >= 0.3 is 0 Å². The molecule has 0 aliphatic heterocycles. The molecule has 0 radical (unpaired) electrons. The van der Waals surface area contributed by atoms with Crippen molar-refractivity contribution in [1.82, 2.24) is 15.2 Å². The zero-order valence-corrected chi connectivity index (χ0v) is 11.6. The number of hydrogen-bond donors (Lipinski definition) is 1. The molecule has 0 aromatic carbocycles. The van der Waals surface area contributed by atoms with E-state index in [1.54, 1.807) is 6.33 Å². The number of nitrogens with zero attached hydrogens (tertiary/aromatic N) is 2. The van der Waals surface area contributed by atoms with Crippen LogP contribution >= 0.6 is 0 Å². The number of hydrogen-bond acceptors (Lipinski definition) is 2. The number of aromatic amines is 1. The predicted molar refractivity (Wildman–Crippen MR) is 72.0 cm³/mol. The minimum atomic E-state index is 0.195. The molecule has 0 amide bonds. The summed E-state index contributed by atoms with van der Waals surface area (Å²) < 4.78 is 0. The van der Waals surface area contributed by atoms with Gasteiger partial charge in [0.05, 0.1) is 0 Å². The average Bonchev–Trinajstić information content (AvgIpc) is 2.86. The van der Waals surface area contributed by atoms with Crippen molar-refractivity contribution in [2.75, 3.05) is 0 Å². The molecule has 0 bridgehead atoms. The van der Waals surface area contributed by atoms with Gasteiger partial charge in [0.1, 0.15) is 12.2 Å². The summed E-state index contributed by atoms with van der Waals surface area (Å²) in [6, 6.07) is 0. The normalized spacial score (nSPS) is 14.8. The van der Waals surface area contributed by atoms with Crippen LogP contribution in [0.2, 0.25) is 0 Å². The quantitative estimate of drug-likeness (QED) is 0.653. The second-order valence-electron chi connectivity index (χ2n) is 5.31. The Kier molecular flexibility index (Phi) is 6.23. The van der Waals surface area contributed by atoms with Gasteiger partial charge in [-0.05, 0) is 12.8 Å². The first kappa shape index (κ1) is 14.2. The average molecular weight is 237 g/mol. The Balaban J connectivity index is 2.53. The van der Waals surface area contributed by atoms with Crippen LogP contribution < -0.4 is 0 Å². The molecule has 1 atom stereocenters. The highest BCUT2D eigenvalue weighted by Crippen LogP contribution is 2.32.